The van der Waals surface area contributed by atoms with Crippen LogP contribution >= 0.6 is 23.1 Å². The van der Waals surface area contributed by atoms with E-state index >= 15 is 0 Å². The van der Waals surface area contributed by atoms with Crippen LogP contribution in [0.4, 0.5) is 0 Å². The Hall–Kier alpha value is -1.95. The molecule has 2 aromatic heterocycles. The molecular weight excluding hydrogens is 430 g/mol. The molecule has 0 spiro atoms. The highest BCUT2D eigenvalue weighted by molar-refractivity contribution is 7.89. The van der Waals surface area contributed by atoms with Gasteiger partial charge < -0.3 is 4.90 Å². The smallest absolute Gasteiger partial charge is 0.273 e. The van der Waals surface area contributed by atoms with Gasteiger partial charge in [0.2, 0.25) is 10.0 Å². The molecule has 8 nitrogen and oxygen atoms in total. The van der Waals surface area contributed by atoms with Gasteiger partial charge in [0.1, 0.15) is 21.6 Å². The van der Waals surface area contributed by atoms with Crippen molar-refractivity contribution in [2.45, 2.75) is 25.2 Å². The Morgan fingerprint density at radius 3 is 2.66 bits per heavy atom. The Morgan fingerprint density at radius 1 is 1.17 bits per heavy atom. The second-order valence-electron chi connectivity index (χ2n) is 7.31. The average molecular weight is 452 g/mol. The van der Waals surface area contributed by atoms with Crippen molar-refractivity contribution in [3.05, 3.63) is 34.3 Å². The quantitative estimate of drug-likeness (QED) is 0.591. The highest BCUT2D eigenvalue weighted by Gasteiger charge is 2.32. The van der Waals surface area contributed by atoms with Crippen molar-refractivity contribution in [2.24, 2.45) is 5.92 Å². The standard InChI is InChI=1S/C18H21N5O3S3/c1-12(2)10-16-19-14(11-27-16)18(24)22-6-8-23(9-7-22)29(25,26)15-5-3-4-13-17(15)21-28-20-13/h3-5,11-12H,6-10H2,1-2H3. The highest BCUT2D eigenvalue weighted by Crippen LogP contribution is 2.25. The molecule has 1 aromatic carbocycles. The number of hydrogen-bond acceptors (Lipinski definition) is 8. The minimum Gasteiger partial charge on any atom is -0.335 e. The maximum Gasteiger partial charge on any atom is 0.273 e. The molecular formula is C18H21N5O3S3. The number of sulfonamides is 1. The third-order valence-electron chi connectivity index (χ3n) is 4.75. The number of piperazine rings is 1. The lowest BCUT2D eigenvalue weighted by Gasteiger charge is -2.33. The van der Waals surface area contributed by atoms with E-state index in [1.54, 1.807) is 28.5 Å². The molecule has 0 aliphatic carbocycles. The summed E-state index contributed by atoms with van der Waals surface area (Å²) in [6.07, 6.45) is 0.848. The molecule has 0 atom stereocenters. The van der Waals surface area contributed by atoms with Gasteiger partial charge in [0.15, 0.2) is 0 Å². The van der Waals surface area contributed by atoms with Crippen molar-refractivity contribution in [2.75, 3.05) is 26.2 Å². The van der Waals surface area contributed by atoms with Crippen LogP contribution in [-0.4, -0.2) is 63.4 Å². The van der Waals surface area contributed by atoms with E-state index in [0.29, 0.717) is 35.7 Å². The van der Waals surface area contributed by atoms with Crippen molar-refractivity contribution < 1.29 is 13.2 Å². The molecule has 4 rings (SSSR count). The minimum atomic E-state index is -3.70. The predicted octanol–water partition coefficient (Wildman–Crippen LogP) is 2.49. The van der Waals surface area contributed by atoms with Crippen LogP contribution in [-0.2, 0) is 16.4 Å². The molecule has 29 heavy (non-hydrogen) atoms. The number of carbonyl (C=O) groups excluding carboxylic acids is 1. The molecule has 0 saturated carbocycles. The van der Waals surface area contributed by atoms with Crippen LogP contribution in [0.3, 0.4) is 0 Å². The number of hydrogen-bond donors (Lipinski definition) is 0. The van der Waals surface area contributed by atoms with E-state index in [1.807, 2.05) is 0 Å². The molecule has 1 amide bonds. The van der Waals surface area contributed by atoms with Crippen LogP contribution in [0.2, 0.25) is 0 Å². The average Bonchev–Trinajstić information content (AvgIpc) is 3.36. The third-order valence-corrected chi connectivity index (χ3v) is 8.09. The Kier molecular flexibility index (Phi) is 5.65. The molecule has 3 heterocycles. The zero-order chi connectivity index (χ0) is 20.6. The molecule has 1 fully saturated rings. The van der Waals surface area contributed by atoms with Crippen molar-refractivity contribution in [1.29, 1.82) is 0 Å². The first-order valence-electron chi connectivity index (χ1n) is 9.31. The summed E-state index contributed by atoms with van der Waals surface area (Å²) in [6.45, 7) is 5.38. The fraction of sp³-hybridized carbons (Fsp3) is 0.444. The number of aromatic nitrogens is 3. The third kappa shape index (κ3) is 4.04. The van der Waals surface area contributed by atoms with E-state index in [9.17, 15) is 13.2 Å². The van der Waals surface area contributed by atoms with Gasteiger partial charge in [0, 0.05) is 38.0 Å². The van der Waals surface area contributed by atoms with E-state index in [2.05, 4.69) is 27.6 Å². The summed E-state index contributed by atoms with van der Waals surface area (Å²) in [5.74, 6) is 0.342. The number of fused-ring (bicyclic) bond motifs is 1. The van der Waals surface area contributed by atoms with Crippen LogP contribution in [0.5, 0.6) is 0 Å². The van der Waals surface area contributed by atoms with Crippen molar-refractivity contribution >= 4 is 50.0 Å². The summed E-state index contributed by atoms with van der Waals surface area (Å²) in [7, 11) is -3.70. The Morgan fingerprint density at radius 2 is 1.93 bits per heavy atom. The van der Waals surface area contributed by atoms with E-state index in [1.165, 1.54) is 15.6 Å². The topological polar surface area (TPSA) is 96.4 Å². The summed E-state index contributed by atoms with van der Waals surface area (Å²) in [5.41, 5.74) is 1.42. The lowest BCUT2D eigenvalue weighted by atomic mass is 10.1. The molecule has 1 aliphatic heterocycles. The molecule has 0 bridgehead atoms. The highest BCUT2D eigenvalue weighted by atomic mass is 32.2. The lowest BCUT2D eigenvalue weighted by molar-refractivity contribution is 0.0692. The van der Waals surface area contributed by atoms with Crippen molar-refractivity contribution in [1.82, 2.24) is 22.9 Å². The fourth-order valence-corrected chi connectivity index (χ4v) is 6.43. The normalized spacial score (nSPS) is 16.0. The number of thiazole rings is 1. The van der Waals surface area contributed by atoms with Gasteiger partial charge in [-0.2, -0.15) is 13.1 Å². The monoisotopic (exact) mass is 451 g/mol. The van der Waals surface area contributed by atoms with Crippen LogP contribution < -0.4 is 0 Å². The van der Waals surface area contributed by atoms with E-state index in [4.69, 9.17) is 0 Å². The van der Waals surface area contributed by atoms with Crippen LogP contribution in [0.15, 0.2) is 28.5 Å². The van der Waals surface area contributed by atoms with E-state index in [-0.39, 0.29) is 23.9 Å². The molecule has 11 heteroatoms. The van der Waals surface area contributed by atoms with Crippen molar-refractivity contribution in [3.8, 4) is 0 Å². The first kappa shape index (κ1) is 20.3. The summed E-state index contributed by atoms with van der Waals surface area (Å²) in [5, 5.41) is 2.74. The fourth-order valence-electron chi connectivity index (χ4n) is 3.27. The zero-order valence-electron chi connectivity index (χ0n) is 16.1. The Bertz CT molecular complexity index is 1130. The van der Waals surface area contributed by atoms with Crippen molar-refractivity contribution in [3.63, 3.8) is 0 Å². The number of amides is 1. The summed E-state index contributed by atoms with van der Waals surface area (Å²) in [6, 6.07) is 4.98. The van der Waals surface area contributed by atoms with E-state index < -0.39 is 10.0 Å². The summed E-state index contributed by atoms with van der Waals surface area (Å²) in [4.78, 5) is 19.0. The SMILES string of the molecule is CC(C)Cc1nc(C(=O)N2CCN(S(=O)(=O)c3cccc4nsnc34)CC2)cs1. The molecule has 1 aliphatic rings. The Labute approximate surface area is 177 Å². The van der Waals surface area contributed by atoms with Gasteiger partial charge in [0.05, 0.1) is 16.7 Å². The molecule has 1 saturated heterocycles. The first-order chi connectivity index (χ1) is 13.9. The number of carbonyl (C=O) groups is 1. The lowest BCUT2D eigenvalue weighted by Crippen LogP contribution is -2.50. The molecule has 154 valence electrons. The van der Waals surface area contributed by atoms with Crippen LogP contribution in [0.25, 0.3) is 11.0 Å². The van der Waals surface area contributed by atoms with Crippen LogP contribution in [0.1, 0.15) is 29.3 Å². The van der Waals surface area contributed by atoms with Gasteiger partial charge in [0.25, 0.3) is 5.91 Å². The molecule has 3 aromatic rings. The van der Waals surface area contributed by atoms with Gasteiger partial charge in [-0.25, -0.2) is 13.4 Å². The van der Waals surface area contributed by atoms with Gasteiger partial charge in [-0.3, -0.25) is 4.79 Å². The zero-order valence-corrected chi connectivity index (χ0v) is 18.6. The van der Waals surface area contributed by atoms with Gasteiger partial charge in [-0.1, -0.05) is 19.9 Å². The summed E-state index contributed by atoms with van der Waals surface area (Å²) < 4.78 is 35.9. The van der Waals surface area contributed by atoms with Gasteiger partial charge in [-0.15, -0.1) is 11.3 Å². The molecule has 0 N–H and O–H groups in total. The minimum absolute atomic E-state index is 0.140. The number of benzene rings is 1. The largest absolute Gasteiger partial charge is 0.335 e. The number of rotatable bonds is 5. The summed E-state index contributed by atoms with van der Waals surface area (Å²) >= 11 is 2.49. The van der Waals surface area contributed by atoms with Gasteiger partial charge >= 0.3 is 0 Å². The van der Waals surface area contributed by atoms with E-state index in [0.717, 1.165) is 23.2 Å². The molecule has 0 unspecified atom stereocenters. The molecule has 0 radical (unpaired) electrons. The maximum absolute atomic E-state index is 13.1. The van der Waals surface area contributed by atoms with Gasteiger partial charge in [-0.05, 0) is 18.1 Å². The maximum atomic E-state index is 13.1. The second-order valence-corrected chi connectivity index (χ2v) is 10.7. The first-order valence-corrected chi connectivity index (χ1v) is 12.4. The predicted molar refractivity (Wildman–Crippen MR) is 113 cm³/mol. The second kappa shape index (κ2) is 8.05. The number of nitrogens with zero attached hydrogens (tertiary/aromatic N) is 5. The Balaban J connectivity index is 1.45. The van der Waals surface area contributed by atoms with Crippen LogP contribution in [0, 0.1) is 5.92 Å².